The van der Waals surface area contributed by atoms with Gasteiger partial charge in [-0.25, -0.2) is 0 Å². The van der Waals surface area contributed by atoms with Gasteiger partial charge < -0.3 is 90.4 Å². The van der Waals surface area contributed by atoms with Gasteiger partial charge in [0.2, 0.25) is 17.7 Å². The number of thioether (sulfide) groups is 3. The number of amides is 6. The zero-order valence-corrected chi connectivity index (χ0v) is 58.4. The number of aryl methyl sites for hydroxylation is 3. The molecular weight excluding hydrogens is 1430 g/mol. The number of carboxylic acid groups (broad SMARTS) is 3. The largest absolute Gasteiger partial charge is 3.00 e. The summed E-state index contributed by atoms with van der Waals surface area (Å²) in [6.45, 7) is 15.0. The van der Waals surface area contributed by atoms with Crippen LogP contribution in [0, 0.1) is 20.8 Å². The predicted octanol–water partition coefficient (Wildman–Crippen LogP) is 2.75. The zero-order valence-electron chi connectivity index (χ0n) is 50.3. The normalized spacial score (nSPS) is 23.3. The number of hydrogen-bond donors (Lipinski definition) is 3. The number of nitrogens with zero attached hydrogens (tertiary/aromatic N) is 6. The Morgan fingerprint density at radius 2 is 0.638 bits per heavy atom. The van der Waals surface area contributed by atoms with Crippen molar-refractivity contribution in [2.24, 2.45) is 0 Å². The maximum absolute atomic E-state index is 13.1. The van der Waals surface area contributed by atoms with E-state index in [0.717, 1.165) is 0 Å². The number of carboxylic acids is 3. The van der Waals surface area contributed by atoms with E-state index < -0.39 is 120 Å². The maximum atomic E-state index is 13.1. The number of aliphatic carboxylic acids is 3. The van der Waals surface area contributed by atoms with Crippen molar-refractivity contribution in [1.29, 1.82) is 0 Å². The second-order valence-electron chi connectivity index (χ2n) is 22.8. The fourth-order valence-corrected chi connectivity index (χ4v) is 18.2. The molecule has 6 amide bonds. The Labute approximate surface area is 587 Å². The standard InChI is InChI=1S/3C19H17Cl2N3O5S.Al.3H2O/c3*1-7-10(12(23-29-7)11-8(20)5-4-6-9(11)21)15(25)22-13-16(26)24-14(18(27)28)19(2,3)30-17(13)24;;;;/h3*4-6,13-14,17H,1-3H3,(H,22,25)(H,27,28);;3*1H2/q;;;+3;;;/p-3/t3*13-,14+,17-;;;;/m111..../s1. The van der Waals surface area contributed by atoms with E-state index in [1.54, 1.807) is 117 Å². The van der Waals surface area contributed by atoms with Crippen LogP contribution in [0.4, 0.5) is 0 Å². The van der Waals surface area contributed by atoms with Gasteiger partial charge >= 0.3 is 17.4 Å². The molecule has 0 unspecified atom stereocenters. The van der Waals surface area contributed by atoms with Gasteiger partial charge in [-0.05, 0) is 98.7 Å². The number of carbonyl (C=O) groups excluding carboxylic acids is 9. The second kappa shape index (κ2) is 28.4. The van der Waals surface area contributed by atoms with Crippen LogP contribution in [0.2, 0.25) is 30.1 Å². The fraction of sp³-hybridized carbons (Fsp3) is 0.368. The first-order chi connectivity index (χ1) is 42.1. The van der Waals surface area contributed by atoms with Crippen molar-refractivity contribution < 1.29 is 88.5 Å². The van der Waals surface area contributed by atoms with E-state index in [0.29, 0.717) is 46.8 Å². The monoisotopic (exact) mass is 1490 g/mol. The molecule has 3 aromatic carbocycles. The number of hydrogen-bond acceptors (Lipinski definition) is 21. The van der Waals surface area contributed by atoms with Crippen LogP contribution in [0.25, 0.3) is 33.8 Å². The summed E-state index contributed by atoms with van der Waals surface area (Å²) in [6.07, 6.45) is 0. The molecule has 94 heavy (non-hydrogen) atoms. The fourth-order valence-electron chi connectivity index (χ4n) is 11.6. The molecule has 9 N–H and O–H groups in total. The number of nitrogens with one attached hydrogen (secondary N) is 3. The van der Waals surface area contributed by atoms with E-state index >= 15 is 0 Å². The number of halogens is 6. The van der Waals surface area contributed by atoms with E-state index in [4.69, 9.17) is 83.2 Å². The van der Waals surface area contributed by atoms with Crippen molar-refractivity contribution in [3.63, 3.8) is 0 Å². The Hall–Kier alpha value is -6.28. The molecule has 6 aliphatic rings. The summed E-state index contributed by atoms with van der Waals surface area (Å²) in [5, 5.41) is 54.6. The zero-order chi connectivity index (χ0) is 65.9. The Morgan fingerprint density at radius 3 is 0.830 bits per heavy atom. The second-order valence-corrected chi connectivity index (χ2v) is 30.5. The molecule has 0 radical (unpaired) electrons. The van der Waals surface area contributed by atoms with Crippen molar-refractivity contribution in [1.82, 2.24) is 46.1 Å². The topological polar surface area (TPSA) is 441 Å². The molecule has 9 heterocycles. The summed E-state index contributed by atoms with van der Waals surface area (Å²) < 4.78 is 13.3. The first kappa shape index (κ1) is 76.7. The van der Waals surface area contributed by atoms with Gasteiger partial charge in [0, 0.05) is 30.9 Å². The first-order valence-corrected chi connectivity index (χ1v) is 31.8. The van der Waals surface area contributed by atoms with Crippen LogP contribution in [0.1, 0.15) is 89.9 Å². The summed E-state index contributed by atoms with van der Waals surface area (Å²) in [4.78, 5) is 115. The maximum Gasteiger partial charge on any atom is 3.00 e. The van der Waals surface area contributed by atoms with Crippen molar-refractivity contribution in [3.05, 3.63) is 119 Å². The van der Waals surface area contributed by atoms with Gasteiger partial charge in [0.1, 0.15) is 85.3 Å². The number of carbonyl (C=O) groups is 9. The van der Waals surface area contributed by atoms with E-state index in [1.807, 2.05) is 0 Å². The molecule has 0 aliphatic carbocycles. The van der Waals surface area contributed by atoms with Gasteiger partial charge in [-0.2, -0.15) is 0 Å². The molecule has 0 saturated carbocycles. The Kier molecular flexibility index (Phi) is 23.2. The number of β-lactam (4-membered cyclic amide) rings is 3. The molecule has 6 saturated heterocycles. The van der Waals surface area contributed by atoms with Crippen LogP contribution in [-0.2, 0) is 28.8 Å². The Balaban J connectivity index is 0.000000219. The van der Waals surface area contributed by atoms with Gasteiger partial charge in [-0.1, -0.05) is 103 Å². The van der Waals surface area contributed by atoms with Crippen LogP contribution in [0.15, 0.2) is 68.2 Å². The smallest absolute Gasteiger partial charge is 0.548 e. The molecule has 37 heteroatoms. The molecule has 3 aromatic heterocycles. The van der Waals surface area contributed by atoms with Crippen molar-refractivity contribution in [3.8, 4) is 33.8 Å². The van der Waals surface area contributed by atoms with Crippen LogP contribution in [-0.4, -0.2) is 184 Å². The van der Waals surface area contributed by atoms with Crippen molar-refractivity contribution in [2.75, 3.05) is 0 Å². The van der Waals surface area contributed by atoms with Gasteiger partial charge in [0.15, 0.2) is 0 Å². The predicted molar refractivity (Wildman–Crippen MR) is 344 cm³/mol. The number of aromatic nitrogens is 3. The molecule has 498 valence electrons. The molecule has 6 aromatic rings. The Morgan fingerprint density at radius 1 is 0.436 bits per heavy atom. The number of benzene rings is 3. The minimum atomic E-state index is -1.32. The molecule has 12 rings (SSSR count). The first-order valence-electron chi connectivity index (χ1n) is 26.9. The average molecular weight is 1490 g/mol. The van der Waals surface area contributed by atoms with E-state index in [2.05, 4.69) is 31.4 Å². The van der Waals surface area contributed by atoms with Gasteiger partial charge in [0.25, 0.3) is 17.7 Å². The molecule has 0 bridgehead atoms. The third kappa shape index (κ3) is 13.2. The Bertz CT molecular complexity index is 3620. The molecule has 0 spiro atoms. The molecule has 27 nitrogen and oxygen atoms in total. The molecule has 9 atom stereocenters. The summed E-state index contributed by atoms with van der Waals surface area (Å²) in [6, 6.07) is 8.81. The average Bonchev–Trinajstić information content (AvgIpc) is 1.57. The summed E-state index contributed by atoms with van der Waals surface area (Å²) in [7, 11) is 0. The minimum Gasteiger partial charge on any atom is -0.548 e. The van der Waals surface area contributed by atoms with E-state index in [-0.39, 0.29) is 84.8 Å². The number of fused-ring (bicyclic) bond motifs is 3. The molecule has 6 aliphatic heterocycles. The molecular formula is C57H54AlCl6N9O18S3. The van der Waals surface area contributed by atoms with Gasteiger partial charge in [0.05, 0.1) is 66.2 Å². The van der Waals surface area contributed by atoms with Gasteiger partial charge in [-0.3, -0.25) is 28.8 Å². The van der Waals surface area contributed by atoms with Crippen LogP contribution in [0.3, 0.4) is 0 Å². The van der Waals surface area contributed by atoms with Crippen LogP contribution < -0.4 is 31.3 Å². The van der Waals surface area contributed by atoms with Crippen molar-refractivity contribution >= 4 is 176 Å². The van der Waals surface area contributed by atoms with Crippen LogP contribution in [0.5, 0.6) is 0 Å². The third-order valence-electron chi connectivity index (χ3n) is 15.7. The summed E-state index contributed by atoms with van der Waals surface area (Å²) in [5.41, 5.74) is 1.84. The van der Waals surface area contributed by atoms with E-state index in [1.165, 1.54) is 50.0 Å². The van der Waals surface area contributed by atoms with Gasteiger partial charge in [-0.15, -0.1) is 35.3 Å². The minimum absolute atomic E-state index is 0. The molecule has 6 fully saturated rings. The quantitative estimate of drug-likeness (QED) is 0.117. The summed E-state index contributed by atoms with van der Waals surface area (Å²) >= 11 is 41.4. The SMILES string of the molecule is Cc1onc(-c2c(Cl)cccc2Cl)c1C(=O)N[C@@H]1C(=O)N2[C@@H]1SC(C)(C)[C@@H]2C(=O)[O-].Cc1onc(-c2c(Cl)cccc2Cl)c1C(=O)N[C@@H]1C(=O)N2[C@@H]1SC(C)(C)[C@@H]2C(=O)[O-].Cc1onc(-c2c(Cl)cccc2Cl)c1C(=O)N[C@@H]1C(=O)N2[C@@H]1SC(C)(C)[C@@H]2C(=O)[O-].O.O.O.[Al+3]. The summed E-state index contributed by atoms with van der Waals surface area (Å²) in [5.74, 6) is -6.48. The van der Waals surface area contributed by atoms with Crippen molar-refractivity contribution in [2.45, 2.75) is 129 Å². The third-order valence-corrected chi connectivity index (χ3v) is 22.3. The van der Waals surface area contributed by atoms with E-state index in [9.17, 15) is 58.5 Å². The number of rotatable bonds is 12. The van der Waals surface area contributed by atoms with Crippen LogP contribution >= 0.6 is 105 Å².